The number of rotatable bonds is 9. The summed E-state index contributed by atoms with van der Waals surface area (Å²) in [5.41, 5.74) is 0.812. The molecular formula is C20H25NO6. The fraction of sp³-hybridized carbons (Fsp3) is 0.350. The Morgan fingerprint density at radius 2 is 1.56 bits per heavy atom. The van der Waals surface area contributed by atoms with Crippen molar-refractivity contribution in [3.63, 3.8) is 0 Å². The summed E-state index contributed by atoms with van der Waals surface area (Å²) in [4.78, 5) is 12.4. The predicted molar refractivity (Wildman–Crippen MR) is 101 cm³/mol. The van der Waals surface area contributed by atoms with E-state index < -0.39 is 6.10 Å². The van der Waals surface area contributed by atoms with Crippen molar-refractivity contribution in [3.8, 4) is 28.7 Å². The molecule has 0 aromatic heterocycles. The van der Waals surface area contributed by atoms with Crippen LogP contribution in [0.2, 0.25) is 0 Å². The number of nitrogens with one attached hydrogen (secondary N) is 1. The van der Waals surface area contributed by atoms with Crippen LogP contribution in [-0.4, -0.2) is 40.5 Å². The number of carbonyl (C=O) groups is 1. The predicted octanol–water partition coefficient (Wildman–Crippen LogP) is 2.80. The van der Waals surface area contributed by atoms with Crippen molar-refractivity contribution in [2.75, 3.05) is 28.4 Å². The Morgan fingerprint density at radius 3 is 2.11 bits per heavy atom. The molecular weight excluding hydrogens is 350 g/mol. The molecule has 0 fully saturated rings. The summed E-state index contributed by atoms with van der Waals surface area (Å²) in [6, 6.07) is 10.7. The number of ether oxygens (including phenoxy) is 5. The van der Waals surface area contributed by atoms with Crippen molar-refractivity contribution in [2.45, 2.75) is 19.6 Å². The van der Waals surface area contributed by atoms with E-state index in [-0.39, 0.29) is 5.91 Å². The molecule has 1 atom stereocenters. The minimum absolute atomic E-state index is 0.244. The average Bonchev–Trinajstić information content (AvgIpc) is 2.70. The van der Waals surface area contributed by atoms with Gasteiger partial charge in [-0.1, -0.05) is 6.07 Å². The van der Waals surface area contributed by atoms with Crippen LogP contribution in [0.15, 0.2) is 36.4 Å². The first-order valence-corrected chi connectivity index (χ1v) is 8.39. The first-order chi connectivity index (χ1) is 13.0. The van der Waals surface area contributed by atoms with Crippen LogP contribution in [0.1, 0.15) is 12.5 Å². The quantitative estimate of drug-likeness (QED) is 0.726. The fourth-order valence-electron chi connectivity index (χ4n) is 2.50. The molecule has 1 amide bonds. The zero-order valence-electron chi connectivity index (χ0n) is 16.2. The Morgan fingerprint density at radius 1 is 0.926 bits per heavy atom. The first-order valence-electron chi connectivity index (χ1n) is 8.39. The second-order valence-electron chi connectivity index (χ2n) is 5.69. The monoisotopic (exact) mass is 375 g/mol. The maximum atomic E-state index is 12.4. The SMILES string of the molecule is COc1cccc(OC(C)C(=O)NCc2cc(OC)c(OC)c(OC)c2)c1. The van der Waals surface area contributed by atoms with Crippen LogP contribution >= 0.6 is 0 Å². The van der Waals surface area contributed by atoms with Gasteiger partial charge in [-0.3, -0.25) is 4.79 Å². The largest absolute Gasteiger partial charge is 0.497 e. The van der Waals surface area contributed by atoms with E-state index in [0.717, 1.165) is 5.56 Å². The molecule has 0 bridgehead atoms. The van der Waals surface area contributed by atoms with Gasteiger partial charge in [-0.25, -0.2) is 0 Å². The van der Waals surface area contributed by atoms with Gasteiger partial charge in [-0.15, -0.1) is 0 Å². The molecule has 1 unspecified atom stereocenters. The highest BCUT2D eigenvalue weighted by molar-refractivity contribution is 5.80. The Labute approximate surface area is 159 Å². The normalized spacial score (nSPS) is 11.3. The third-order valence-electron chi connectivity index (χ3n) is 3.91. The summed E-state index contributed by atoms with van der Waals surface area (Å²) in [6.45, 7) is 1.98. The van der Waals surface area contributed by atoms with Gasteiger partial charge < -0.3 is 29.0 Å². The van der Waals surface area contributed by atoms with Crippen molar-refractivity contribution in [1.82, 2.24) is 5.32 Å². The zero-order chi connectivity index (χ0) is 19.8. The second kappa shape index (κ2) is 9.56. The molecule has 2 aromatic rings. The maximum absolute atomic E-state index is 12.4. The molecule has 146 valence electrons. The lowest BCUT2D eigenvalue weighted by Gasteiger charge is -2.17. The van der Waals surface area contributed by atoms with Gasteiger partial charge in [0.2, 0.25) is 5.75 Å². The van der Waals surface area contributed by atoms with Crippen molar-refractivity contribution in [1.29, 1.82) is 0 Å². The van der Waals surface area contributed by atoms with Crippen LogP contribution in [-0.2, 0) is 11.3 Å². The van der Waals surface area contributed by atoms with E-state index in [0.29, 0.717) is 35.3 Å². The van der Waals surface area contributed by atoms with E-state index in [9.17, 15) is 4.79 Å². The van der Waals surface area contributed by atoms with E-state index >= 15 is 0 Å². The standard InChI is InChI=1S/C20H25NO6/c1-13(27-16-8-6-7-15(11-16)23-2)20(22)21-12-14-9-17(24-3)19(26-5)18(10-14)25-4/h6-11,13H,12H2,1-5H3,(H,21,22). The molecule has 1 N–H and O–H groups in total. The van der Waals surface area contributed by atoms with Crippen molar-refractivity contribution in [2.24, 2.45) is 0 Å². The highest BCUT2D eigenvalue weighted by Gasteiger charge is 2.17. The van der Waals surface area contributed by atoms with Crippen LogP contribution in [0, 0.1) is 0 Å². The smallest absolute Gasteiger partial charge is 0.261 e. The Balaban J connectivity index is 2.01. The van der Waals surface area contributed by atoms with Crippen molar-refractivity contribution >= 4 is 5.91 Å². The number of benzene rings is 2. The van der Waals surface area contributed by atoms with Gasteiger partial charge in [-0.05, 0) is 36.8 Å². The lowest BCUT2D eigenvalue weighted by molar-refractivity contribution is -0.127. The highest BCUT2D eigenvalue weighted by Crippen LogP contribution is 2.38. The molecule has 27 heavy (non-hydrogen) atoms. The molecule has 7 heteroatoms. The molecule has 0 saturated carbocycles. The summed E-state index contributed by atoms with van der Waals surface area (Å²) < 4.78 is 26.8. The number of hydrogen-bond donors (Lipinski definition) is 1. The van der Waals surface area contributed by atoms with Crippen LogP contribution in [0.3, 0.4) is 0 Å². The highest BCUT2D eigenvalue weighted by atomic mass is 16.5. The maximum Gasteiger partial charge on any atom is 0.261 e. The van der Waals surface area contributed by atoms with Gasteiger partial charge in [0.1, 0.15) is 11.5 Å². The fourth-order valence-corrected chi connectivity index (χ4v) is 2.50. The molecule has 0 aliphatic rings. The second-order valence-corrected chi connectivity index (χ2v) is 5.69. The number of hydrogen-bond acceptors (Lipinski definition) is 6. The van der Waals surface area contributed by atoms with Gasteiger partial charge in [0.25, 0.3) is 5.91 Å². The summed E-state index contributed by atoms with van der Waals surface area (Å²) in [7, 11) is 6.21. The summed E-state index contributed by atoms with van der Waals surface area (Å²) in [5, 5.41) is 2.84. The van der Waals surface area contributed by atoms with Crippen molar-refractivity contribution in [3.05, 3.63) is 42.0 Å². The van der Waals surface area contributed by atoms with Gasteiger partial charge in [-0.2, -0.15) is 0 Å². The van der Waals surface area contributed by atoms with E-state index in [4.69, 9.17) is 23.7 Å². The van der Waals surface area contributed by atoms with Gasteiger partial charge in [0, 0.05) is 12.6 Å². The molecule has 0 aliphatic carbocycles. The first kappa shape index (κ1) is 20.2. The van der Waals surface area contributed by atoms with Crippen LogP contribution in [0.5, 0.6) is 28.7 Å². The third-order valence-corrected chi connectivity index (χ3v) is 3.91. The summed E-state index contributed by atoms with van der Waals surface area (Å²) >= 11 is 0. The zero-order valence-corrected chi connectivity index (χ0v) is 16.2. The lowest BCUT2D eigenvalue weighted by atomic mass is 10.1. The van der Waals surface area contributed by atoms with Gasteiger partial charge in [0.05, 0.1) is 28.4 Å². The van der Waals surface area contributed by atoms with Crippen LogP contribution in [0.25, 0.3) is 0 Å². The van der Waals surface area contributed by atoms with Gasteiger partial charge >= 0.3 is 0 Å². The minimum atomic E-state index is -0.667. The third kappa shape index (κ3) is 5.20. The molecule has 0 heterocycles. The molecule has 0 saturated heterocycles. The Kier molecular flexibility index (Phi) is 7.16. The molecule has 2 rings (SSSR count). The number of amides is 1. The molecule has 2 aromatic carbocycles. The van der Waals surface area contributed by atoms with E-state index in [2.05, 4.69) is 5.32 Å². The number of carbonyl (C=O) groups excluding carboxylic acids is 1. The Hall–Kier alpha value is -3.09. The topological polar surface area (TPSA) is 75.3 Å². The van der Waals surface area contributed by atoms with E-state index in [1.165, 1.54) is 0 Å². The van der Waals surface area contributed by atoms with E-state index in [1.54, 1.807) is 65.7 Å². The summed E-state index contributed by atoms with van der Waals surface area (Å²) in [5.74, 6) is 2.54. The minimum Gasteiger partial charge on any atom is -0.497 e. The molecule has 0 aliphatic heterocycles. The average molecular weight is 375 g/mol. The van der Waals surface area contributed by atoms with Crippen molar-refractivity contribution < 1.29 is 28.5 Å². The Bertz CT molecular complexity index is 752. The summed E-state index contributed by atoms with van der Waals surface area (Å²) in [6.07, 6.45) is -0.667. The molecule has 0 spiro atoms. The van der Waals surface area contributed by atoms with Gasteiger partial charge in [0.15, 0.2) is 17.6 Å². The molecule has 7 nitrogen and oxygen atoms in total. The van der Waals surface area contributed by atoms with E-state index in [1.807, 2.05) is 6.07 Å². The lowest BCUT2D eigenvalue weighted by Crippen LogP contribution is -2.35. The number of methoxy groups -OCH3 is 4. The van der Waals surface area contributed by atoms with Crippen LogP contribution < -0.4 is 29.0 Å². The molecule has 0 radical (unpaired) electrons. The van der Waals surface area contributed by atoms with Crippen LogP contribution in [0.4, 0.5) is 0 Å².